The first-order chi connectivity index (χ1) is 9.81. The van der Waals surface area contributed by atoms with Crippen molar-refractivity contribution in [2.45, 2.75) is 19.8 Å². The SMILES string of the molecule is Cc1csc(NN=Cc2ccccc2OCC2CC2)n1. The summed E-state index contributed by atoms with van der Waals surface area (Å²) in [6.07, 6.45) is 4.36. The van der Waals surface area contributed by atoms with Crippen LogP contribution in [0.5, 0.6) is 5.75 Å². The van der Waals surface area contributed by atoms with Gasteiger partial charge in [-0.15, -0.1) is 11.3 Å². The highest BCUT2D eigenvalue weighted by Gasteiger charge is 2.22. The number of rotatable bonds is 6. The molecule has 0 aliphatic heterocycles. The monoisotopic (exact) mass is 287 g/mol. The van der Waals surface area contributed by atoms with Crippen LogP contribution >= 0.6 is 11.3 Å². The molecule has 0 unspecified atom stereocenters. The van der Waals surface area contributed by atoms with E-state index in [0.29, 0.717) is 0 Å². The minimum atomic E-state index is 0.747. The maximum atomic E-state index is 5.84. The van der Waals surface area contributed by atoms with Gasteiger partial charge < -0.3 is 4.74 Å². The van der Waals surface area contributed by atoms with Gasteiger partial charge in [-0.3, -0.25) is 5.43 Å². The largest absolute Gasteiger partial charge is 0.493 e. The molecule has 104 valence electrons. The number of thiazole rings is 1. The number of anilines is 1. The van der Waals surface area contributed by atoms with Gasteiger partial charge in [-0.2, -0.15) is 5.10 Å². The van der Waals surface area contributed by atoms with Gasteiger partial charge in [0.05, 0.1) is 18.5 Å². The van der Waals surface area contributed by atoms with Crippen molar-refractivity contribution in [2.75, 3.05) is 12.0 Å². The topological polar surface area (TPSA) is 46.5 Å². The number of benzene rings is 1. The number of nitrogens with zero attached hydrogens (tertiary/aromatic N) is 2. The second kappa shape index (κ2) is 6.05. The predicted octanol–water partition coefficient (Wildman–Crippen LogP) is 3.69. The van der Waals surface area contributed by atoms with E-state index in [0.717, 1.165) is 34.7 Å². The Labute approximate surface area is 122 Å². The van der Waals surface area contributed by atoms with Crippen molar-refractivity contribution in [3.63, 3.8) is 0 Å². The van der Waals surface area contributed by atoms with E-state index in [1.54, 1.807) is 17.6 Å². The van der Waals surface area contributed by atoms with Crippen molar-refractivity contribution >= 4 is 22.7 Å². The number of hydrazone groups is 1. The molecule has 20 heavy (non-hydrogen) atoms. The van der Waals surface area contributed by atoms with Crippen molar-refractivity contribution in [1.82, 2.24) is 4.98 Å². The van der Waals surface area contributed by atoms with Crippen LogP contribution in [0.2, 0.25) is 0 Å². The predicted molar refractivity (Wildman–Crippen MR) is 82.7 cm³/mol. The molecule has 0 spiro atoms. The van der Waals surface area contributed by atoms with E-state index in [4.69, 9.17) is 4.74 Å². The zero-order valence-electron chi connectivity index (χ0n) is 11.4. The third-order valence-electron chi connectivity index (χ3n) is 3.07. The molecule has 4 nitrogen and oxygen atoms in total. The molecular formula is C15H17N3OS. The summed E-state index contributed by atoms with van der Waals surface area (Å²) in [5.74, 6) is 1.64. The summed E-state index contributed by atoms with van der Waals surface area (Å²) in [5, 5.41) is 7.01. The molecule has 1 heterocycles. The van der Waals surface area contributed by atoms with E-state index in [1.165, 1.54) is 12.8 Å². The highest BCUT2D eigenvalue weighted by Crippen LogP contribution is 2.30. The quantitative estimate of drug-likeness (QED) is 0.651. The first kappa shape index (κ1) is 13.1. The second-order valence-electron chi connectivity index (χ2n) is 4.96. The molecule has 0 radical (unpaired) electrons. The van der Waals surface area contributed by atoms with Crippen molar-refractivity contribution in [1.29, 1.82) is 0 Å². The van der Waals surface area contributed by atoms with Crippen LogP contribution in [0.3, 0.4) is 0 Å². The number of hydrogen-bond acceptors (Lipinski definition) is 5. The van der Waals surface area contributed by atoms with Crippen LogP contribution in [-0.2, 0) is 0 Å². The Balaban J connectivity index is 1.63. The Morgan fingerprint density at radius 2 is 2.30 bits per heavy atom. The Hall–Kier alpha value is -1.88. The fraction of sp³-hybridized carbons (Fsp3) is 0.333. The van der Waals surface area contributed by atoms with Crippen molar-refractivity contribution < 1.29 is 4.74 Å². The second-order valence-corrected chi connectivity index (χ2v) is 5.81. The molecule has 1 fully saturated rings. The van der Waals surface area contributed by atoms with Crippen LogP contribution in [0.1, 0.15) is 24.1 Å². The third-order valence-corrected chi connectivity index (χ3v) is 3.94. The number of para-hydroxylation sites is 1. The molecule has 1 N–H and O–H groups in total. The van der Waals surface area contributed by atoms with Gasteiger partial charge in [-0.05, 0) is 37.8 Å². The summed E-state index contributed by atoms with van der Waals surface area (Å²) in [6, 6.07) is 7.95. The Morgan fingerprint density at radius 1 is 1.45 bits per heavy atom. The summed E-state index contributed by atoms with van der Waals surface area (Å²) < 4.78 is 5.84. The van der Waals surface area contributed by atoms with Crippen LogP contribution in [0.15, 0.2) is 34.7 Å². The first-order valence-corrected chi connectivity index (χ1v) is 7.62. The van der Waals surface area contributed by atoms with Gasteiger partial charge in [0.25, 0.3) is 0 Å². The molecule has 3 rings (SSSR count). The maximum absolute atomic E-state index is 5.84. The molecule has 1 aromatic carbocycles. The normalized spacial score (nSPS) is 14.7. The third kappa shape index (κ3) is 3.57. The molecule has 1 aliphatic rings. The standard InChI is InChI=1S/C15H17N3OS/c1-11-10-20-15(17-11)18-16-8-13-4-2-3-5-14(13)19-9-12-6-7-12/h2-5,8,10,12H,6-7,9H2,1H3,(H,17,18). The van der Waals surface area contributed by atoms with Crippen LogP contribution < -0.4 is 10.2 Å². The zero-order valence-corrected chi connectivity index (χ0v) is 12.2. The number of hydrogen-bond donors (Lipinski definition) is 1. The van der Waals surface area contributed by atoms with Gasteiger partial charge in [0.1, 0.15) is 5.75 Å². The van der Waals surface area contributed by atoms with E-state index in [1.807, 2.05) is 36.6 Å². The lowest BCUT2D eigenvalue weighted by molar-refractivity contribution is 0.299. The average molecular weight is 287 g/mol. The summed E-state index contributed by atoms with van der Waals surface area (Å²) in [7, 11) is 0. The van der Waals surface area contributed by atoms with Crippen LogP contribution in [-0.4, -0.2) is 17.8 Å². The van der Waals surface area contributed by atoms with Gasteiger partial charge in [-0.1, -0.05) is 12.1 Å². The summed E-state index contributed by atoms with van der Waals surface area (Å²) in [5.41, 5.74) is 4.92. The van der Waals surface area contributed by atoms with Gasteiger partial charge in [0, 0.05) is 10.9 Å². The van der Waals surface area contributed by atoms with Crippen LogP contribution in [0.4, 0.5) is 5.13 Å². The summed E-state index contributed by atoms with van der Waals surface area (Å²) in [4.78, 5) is 4.29. The lowest BCUT2D eigenvalue weighted by Gasteiger charge is -2.07. The molecule has 1 saturated carbocycles. The minimum absolute atomic E-state index is 0.747. The Morgan fingerprint density at radius 3 is 3.05 bits per heavy atom. The molecule has 1 aromatic heterocycles. The van der Waals surface area contributed by atoms with E-state index < -0.39 is 0 Å². The van der Waals surface area contributed by atoms with Gasteiger partial charge in [-0.25, -0.2) is 4.98 Å². The first-order valence-electron chi connectivity index (χ1n) is 6.74. The zero-order chi connectivity index (χ0) is 13.8. The molecule has 0 amide bonds. The summed E-state index contributed by atoms with van der Waals surface area (Å²) in [6.45, 7) is 2.77. The number of ether oxygens (including phenoxy) is 1. The van der Waals surface area contributed by atoms with Crippen molar-refractivity contribution in [3.8, 4) is 5.75 Å². The molecule has 0 atom stereocenters. The van der Waals surface area contributed by atoms with Crippen molar-refractivity contribution in [2.24, 2.45) is 11.0 Å². The van der Waals surface area contributed by atoms with Crippen LogP contribution in [0.25, 0.3) is 0 Å². The summed E-state index contributed by atoms with van der Waals surface area (Å²) >= 11 is 1.54. The number of nitrogens with one attached hydrogen (secondary N) is 1. The van der Waals surface area contributed by atoms with Gasteiger partial charge >= 0.3 is 0 Å². The fourth-order valence-corrected chi connectivity index (χ4v) is 2.41. The lowest BCUT2D eigenvalue weighted by Crippen LogP contribution is -2.01. The minimum Gasteiger partial charge on any atom is -0.493 e. The molecule has 5 heteroatoms. The van der Waals surface area contributed by atoms with E-state index in [-0.39, 0.29) is 0 Å². The molecule has 0 saturated heterocycles. The fourth-order valence-electron chi connectivity index (χ4n) is 1.77. The molecule has 1 aliphatic carbocycles. The smallest absolute Gasteiger partial charge is 0.203 e. The highest BCUT2D eigenvalue weighted by atomic mass is 32.1. The van der Waals surface area contributed by atoms with Crippen LogP contribution in [0, 0.1) is 12.8 Å². The number of aromatic nitrogens is 1. The molecule has 0 bridgehead atoms. The van der Waals surface area contributed by atoms with Crippen molar-refractivity contribution in [3.05, 3.63) is 40.9 Å². The lowest BCUT2D eigenvalue weighted by atomic mass is 10.2. The Bertz CT molecular complexity index is 605. The molecular weight excluding hydrogens is 270 g/mol. The van der Waals surface area contributed by atoms with Gasteiger partial charge in [0.15, 0.2) is 0 Å². The highest BCUT2D eigenvalue weighted by molar-refractivity contribution is 7.13. The Kier molecular flexibility index (Phi) is 3.97. The average Bonchev–Trinajstić information content (AvgIpc) is 3.20. The maximum Gasteiger partial charge on any atom is 0.203 e. The molecule has 2 aromatic rings. The van der Waals surface area contributed by atoms with Gasteiger partial charge in [0.2, 0.25) is 5.13 Å². The number of aryl methyl sites for hydroxylation is 1. The van der Waals surface area contributed by atoms with E-state index >= 15 is 0 Å². The van der Waals surface area contributed by atoms with E-state index in [2.05, 4.69) is 15.5 Å². The van der Waals surface area contributed by atoms with E-state index in [9.17, 15) is 0 Å².